The molecule has 76 valence electrons. The smallest absolute Gasteiger partial charge is 0.225 e. The van der Waals surface area contributed by atoms with Crippen LogP contribution in [0.2, 0.25) is 0 Å². The average molecular weight is 184 g/mol. The number of piperidine rings is 1. The number of rotatable bonds is 1. The van der Waals surface area contributed by atoms with E-state index in [0.717, 1.165) is 19.4 Å². The maximum absolute atomic E-state index is 11.7. The Balaban J connectivity index is 2.56. The van der Waals surface area contributed by atoms with Gasteiger partial charge in [0.25, 0.3) is 0 Å². The Kier molecular flexibility index (Phi) is 3.31. The summed E-state index contributed by atoms with van der Waals surface area (Å²) in [5.41, 5.74) is 5.83. The molecule has 1 aliphatic heterocycles. The molecule has 1 heterocycles. The van der Waals surface area contributed by atoms with Crippen molar-refractivity contribution >= 4 is 5.91 Å². The number of nitrogens with zero attached hydrogens (tertiary/aromatic N) is 1. The highest BCUT2D eigenvalue weighted by Crippen LogP contribution is 2.17. The van der Waals surface area contributed by atoms with Crippen LogP contribution in [0.3, 0.4) is 0 Å². The maximum Gasteiger partial charge on any atom is 0.225 e. The van der Waals surface area contributed by atoms with E-state index in [1.807, 2.05) is 18.7 Å². The van der Waals surface area contributed by atoms with Crippen molar-refractivity contribution in [2.45, 2.75) is 45.7 Å². The third-order valence-corrected chi connectivity index (χ3v) is 2.69. The molecule has 13 heavy (non-hydrogen) atoms. The Morgan fingerprint density at radius 1 is 1.54 bits per heavy atom. The summed E-state index contributed by atoms with van der Waals surface area (Å²) in [5.74, 6) is 0.371. The minimum absolute atomic E-state index is 0.108. The van der Waals surface area contributed by atoms with Gasteiger partial charge in [-0.2, -0.15) is 0 Å². The number of hydrogen-bond acceptors (Lipinski definition) is 2. The van der Waals surface area contributed by atoms with Crippen LogP contribution in [0.25, 0.3) is 0 Å². The van der Waals surface area contributed by atoms with Crippen LogP contribution >= 0.6 is 0 Å². The maximum atomic E-state index is 11.7. The fraction of sp³-hybridized carbons (Fsp3) is 0.900. The zero-order chi connectivity index (χ0) is 10.0. The molecule has 0 aliphatic carbocycles. The Hall–Kier alpha value is -0.570. The molecule has 0 bridgehead atoms. The molecule has 0 aromatic heterocycles. The summed E-state index contributed by atoms with van der Waals surface area (Å²) in [5, 5.41) is 0. The van der Waals surface area contributed by atoms with Crippen LogP contribution in [0.4, 0.5) is 0 Å². The topological polar surface area (TPSA) is 46.3 Å². The van der Waals surface area contributed by atoms with E-state index in [0.29, 0.717) is 6.04 Å². The highest BCUT2D eigenvalue weighted by Gasteiger charge is 2.27. The summed E-state index contributed by atoms with van der Waals surface area (Å²) >= 11 is 0. The molecule has 2 unspecified atom stereocenters. The zero-order valence-corrected chi connectivity index (χ0v) is 8.79. The predicted octanol–water partition coefficient (Wildman–Crippen LogP) is 0.981. The number of carbonyl (C=O) groups excluding carboxylic acids is 1. The molecular weight excluding hydrogens is 164 g/mol. The largest absolute Gasteiger partial charge is 0.340 e. The molecular formula is C10H20N2O. The van der Waals surface area contributed by atoms with Gasteiger partial charge in [0.1, 0.15) is 0 Å². The van der Waals surface area contributed by atoms with Crippen LogP contribution in [-0.2, 0) is 4.79 Å². The molecule has 0 saturated carbocycles. The summed E-state index contributed by atoms with van der Waals surface area (Å²) in [4.78, 5) is 13.7. The van der Waals surface area contributed by atoms with Gasteiger partial charge in [-0.1, -0.05) is 13.8 Å². The van der Waals surface area contributed by atoms with Crippen molar-refractivity contribution in [1.29, 1.82) is 0 Å². The van der Waals surface area contributed by atoms with Gasteiger partial charge in [0.15, 0.2) is 0 Å². The van der Waals surface area contributed by atoms with E-state index in [-0.39, 0.29) is 17.9 Å². The van der Waals surface area contributed by atoms with Crippen molar-refractivity contribution in [1.82, 2.24) is 4.90 Å². The van der Waals surface area contributed by atoms with Crippen molar-refractivity contribution < 1.29 is 4.79 Å². The summed E-state index contributed by atoms with van der Waals surface area (Å²) < 4.78 is 0. The fourth-order valence-corrected chi connectivity index (χ4v) is 1.87. The van der Waals surface area contributed by atoms with Crippen molar-refractivity contribution in [3.63, 3.8) is 0 Å². The molecule has 0 aromatic carbocycles. The lowest BCUT2D eigenvalue weighted by molar-refractivity contribution is -0.137. The standard InChI is InChI=1S/C10H20N2O/c1-7(2)10(13)12-5-4-9(11)6-8(12)3/h7-9H,4-6,11H2,1-3H3. The van der Waals surface area contributed by atoms with Crippen LogP contribution in [0, 0.1) is 5.92 Å². The van der Waals surface area contributed by atoms with Crippen molar-refractivity contribution in [2.75, 3.05) is 6.54 Å². The number of nitrogens with two attached hydrogens (primary N) is 1. The first-order valence-electron chi connectivity index (χ1n) is 5.08. The molecule has 2 atom stereocenters. The van der Waals surface area contributed by atoms with Gasteiger partial charge in [0.2, 0.25) is 5.91 Å². The summed E-state index contributed by atoms with van der Waals surface area (Å²) in [6, 6.07) is 0.602. The van der Waals surface area contributed by atoms with E-state index in [4.69, 9.17) is 5.73 Å². The van der Waals surface area contributed by atoms with Crippen LogP contribution in [-0.4, -0.2) is 29.4 Å². The minimum atomic E-state index is 0.108. The van der Waals surface area contributed by atoms with Gasteiger partial charge in [-0.05, 0) is 19.8 Å². The molecule has 0 aromatic rings. The first kappa shape index (κ1) is 10.5. The molecule has 0 spiro atoms. The molecule has 0 radical (unpaired) electrons. The van der Waals surface area contributed by atoms with Crippen LogP contribution < -0.4 is 5.73 Å². The van der Waals surface area contributed by atoms with Gasteiger partial charge < -0.3 is 10.6 Å². The number of amides is 1. The van der Waals surface area contributed by atoms with E-state index in [2.05, 4.69) is 6.92 Å². The van der Waals surface area contributed by atoms with Gasteiger partial charge in [-0.3, -0.25) is 4.79 Å². The minimum Gasteiger partial charge on any atom is -0.340 e. The Morgan fingerprint density at radius 3 is 2.62 bits per heavy atom. The molecule has 1 fully saturated rings. The van der Waals surface area contributed by atoms with Crippen molar-refractivity contribution in [3.8, 4) is 0 Å². The van der Waals surface area contributed by atoms with Crippen LogP contribution in [0.15, 0.2) is 0 Å². The predicted molar refractivity (Wildman–Crippen MR) is 53.2 cm³/mol. The normalized spacial score (nSPS) is 29.5. The number of hydrogen-bond donors (Lipinski definition) is 1. The molecule has 3 nitrogen and oxygen atoms in total. The molecule has 3 heteroatoms. The first-order chi connectivity index (χ1) is 6.02. The summed E-state index contributed by atoms with van der Waals surface area (Å²) in [6.45, 7) is 6.81. The van der Waals surface area contributed by atoms with Crippen molar-refractivity contribution in [2.24, 2.45) is 11.7 Å². The first-order valence-corrected chi connectivity index (χ1v) is 5.08. The van der Waals surface area contributed by atoms with Gasteiger partial charge >= 0.3 is 0 Å². The number of carbonyl (C=O) groups is 1. The van der Waals surface area contributed by atoms with Gasteiger partial charge in [0.05, 0.1) is 0 Å². The molecule has 2 N–H and O–H groups in total. The van der Waals surface area contributed by atoms with Crippen LogP contribution in [0.1, 0.15) is 33.6 Å². The summed E-state index contributed by atoms with van der Waals surface area (Å²) in [7, 11) is 0. The third kappa shape index (κ3) is 2.44. The van der Waals surface area contributed by atoms with E-state index in [1.54, 1.807) is 0 Å². The Morgan fingerprint density at radius 2 is 2.15 bits per heavy atom. The van der Waals surface area contributed by atoms with E-state index >= 15 is 0 Å². The quantitative estimate of drug-likeness (QED) is 0.660. The van der Waals surface area contributed by atoms with Gasteiger partial charge in [0, 0.05) is 24.5 Å². The third-order valence-electron chi connectivity index (χ3n) is 2.69. The monoisotopic (exact) mass is 184 g/mol. The molecule has 1 saturated heterocycles. The second kappa shape index (κ2) is 4.09. The van der Waals surface area contributed by atoms with E-state index in [1.165, 1.54) is 0 Å². The lowest BCUT2D eigenvalue weighted by Gasteiger charge is -2.37. The number of likely N-dealkylation sites (tertiary alicyclic amines) is 1. The van der Waals surface area contributed by atoms with Crippen molar-refractivity contribution in [3.05, 3.63) is 0 Å². The van der Waals surface area contributed by atoms with Crippen LogP contribution in [0.5, 0.6) is 0 Å². The Bertz CT molecular complexity index is 191. The van der Waals surface area contributed by atoms with Gasteiger partial charge in [-0.25, -0.2) is 0 Å². The molecule has 1 amide bonds. The fourth-order valence-electron chi connectivity index (χ4n) is 1.87. The van der Waals surface area contributed by atoms with E-state index < -0.39 is 0 Å². The second-order valence-corrected chi connectivity index (χ2v) is 4.32. The zero-order valence-electron chi connectivity index (χ0n) is 8.79. The van der Waals surface area contributed by atoms with Gasteiger partial charge in [-0.15, -0.1) is 0 Å². The second-order valence-electron chi connectivity index (χ2n) is 4.32. The highest BCUT2D eigenvalue weighted by atomic mass is 16.2. The lowest BCUT2D eigenvalue weighted by atomic mass is 9.97. The molecule has 1 rings (SSSR count). The Labute approximate surface area is 80.3 Å². The lowest BCUT2D eigenvalue weighted by Crippen LogP contribution is -2.49. The highest BCUT2D eigenvalue weighted by molar-refractivity contribution is 5.78. The molecule has 1 aliphatic rings. The summed E-state index contributed by atoms with van der Waals surface area (Å²) in [6.07, 6.45) is 1.89. The van der Waals surface area contributed by atoms with E-state index in [9.17, 15) is 4.79 Å². The SMILES string of the molecule is CC(C)C(=O)N1CCC(N)CC1C. The average Bonchev–Trinajstić information content (AvgIpc) is 2.03.